The van der Waals surface area contributed by atoms with Crippen molar-refractivity contribution in [2.75, 3.05) is 0 Å². The molecule has 0 unspecified atom stereocenters. The lowest BCUT2D eigenvalue weighted by Crippen LogP contribution is -1.76. The second-order valence-electron chi connectivity index (χ2n) is 2.59. The summed E-state index contributed by atoms with van der Waals surface area (Å²) in [5, 5.41) is 3.35. The lowest BCUT2D eigenvalue weighted by atomic mass is 10.8. The number of aryl methyl sites for hydroxylation is 1. The van der Waals surface area contributed by atoms with Gasteiger partial charge in [0, 0.05) is 19.4 Å². The van der Waals surface area contributed by atoms with Gasteiger partial charge in [0.05, 0.1) is 18.7 Å². The average molecular weight is 220 g/mol. The van der Waals surface area contributed by atoms with Gasteiger partial charge < -0.3 is 13.5 Å². The SMILES string of the molecule is Cn1ccnc1.c1cnoc1.c1cocn1. The molecule has 3 aromatic heterocycles. The van der Waals surface area contributed by atoms with E-state index in [4.69, 9.17) is 0 Å². The van der Waals surface area contributed by atoms with E-state index in [2.05, 4.69) is 24.1 Å². The van der Waals surface area contributed by atoms with Gasteiger partial charge in [-0.05, 0) is 6.07 Å². The van der Waals surface area contributed by atoms with Gasteiger partial charge >= 0.3 is 0 Å². The van der Waals surface area contributed by atoms with Gasteiger partial charge in [0.25, 0.3) is 0 Å². The van der Waals surface area contributed by atoms with Gasteiger partial charge in [0.1, 0.15) is 12.5 Å². The fourth-order valence-corrected chi connectivity index (χ4v) is 0.677. The summed E-state index contributed by atoms with van der Waals surface area (Å²) in [6, 6.07) is 1.72. The number of oxazole rings is 1. The highest BCUT2D eigenvalue weighted by molar-refractivity contribution is 4.70. The lowest BCUT2D eigenvalue weighted by Gasteiger charge is -1.76. The van der Waals surface area contributed by atoms with Gasteiger partial charge in [-0.2, -0.15) is 0 Å². The minimum absolute atomic E-state index is 1.38. The van der Waals surface area contributed by atoms with E-state index in [1.807, 2.05) is 17.8 Å². The summed E-state index contributed by atoms with van der Waals surface area (Å²) in [6.45, 7) is 0. The molecule has 0 amide bonds. The summed E-state index contributed by atoms with van der Waals surface area (Å²) < 4.78 is 10.7. The van der Waals surface area contributed by atoms with Gasteiger partial charge in [-0.3, -0.25) is 0 Å². The number of rotatable bonds is 0. The molecule has 0 N–H and O–H groups in total. The van der Waals surface area contributed by atoms with Crippen LogP contribution in [0.3, 0.4) is 0 Å². The molecular weight excluding hydrogens is 208 g/mol. The van der Waals surface area contributed by atoms with E-state index in [0.717, 1.165) is 0 Å². The summed E-state index contributed by atoms with van der Waals surface area (Å²) >= 11 is 0. The zero-order valence-corrected chi connectivity index (χ0v) is 8.80. The lowest BCUT2D eigenvalue weighted by molar-refractivity contribution is 0.420. The van der Waals surface area contributed by atoms with E-state index in [-0.39, 0.29) is 0 Å². The maximum absolute atomic E-state index is 4.47. The first-order valence-corrected chi connectivity index (χ1v) is 4.48. The Morgan fingerprint density at radius 1 is 1.06 bits per heavy atom. The maximum atomic E-state index is 4.47. The fraction of sp³-hybridized carbons (Fsp3) is 0.100. The summed E-state index contributed by atoms with van der Waals surface area (Å²) in [5.74, 6) is 0. The molecule has 0 bridgehead atoms. The number of aromatic nitrogens is 4. The van der Waals surface area contributed by atoms with Crippen LogP contribution in [0.25, 0.3) is 0 Å². The summed E-state index contributed by atoms with van der Waals surface area (Å²) in [7, 11) is 1.94. The molecule has 16 heavy (non-hydrogen) atoms. The van der Waals surface area contributed by atoms with Crippen molar-refractivity contribution in [2.45, 2.75) is 0 Å². The van der Waals surface area contributed by atoms with Gasteiger partial charge in [0.2, 0.25) is 0 Å². The Bertz CT molecular complexity index is 345. The third-order valence-corrected chi connectivity index (χ3v) is 1.33. The molecule has 0 spiro atoms. The van der Waals surface area contributed by atoms with Crippen molar-refractivity contribution in [1.29, 1.82) is 0 Å². The van der Waals surface area contributed by atoms with Crippen LogP contribution >= 0.6 is 0 Å². The Balaban J connectivity index is 0.000000121. The third kappa shape index (κ3) is 6.14. The second kappa shape index (κ2) is 7.98. The number of hydrogen-bond donors (Lipinski definition) is 0. The molecule has 3 rings (SSSR count). The molecule has 84 valence electrons. The summed E-state index contributed by atoms with van der Waals surface area (Å²) in [6.07, 6.45) is 13.0. The van der Waals surface area contributed by atoms with Crippen molar-refractivity contribution in [2.24, 2.45) is 7.05 Å². The molecule has 0 fully saturated rings. The van der Waals surface area contributed by atoms with E-state index in [1.54, 1.807) is 31.0 Å². The number of nitrogens with zero attached hydrogens (tertiary/aromatic N) is 4. The fourth-order valence-electron chi connectivity index (χ4n) is 0.677. The molecule has 0 radical (unpaired) electrons. The Morgan fingerprint density at radius 2 is 2.00 bits per heavy atom. The zero-order chi connectivity index (χ0) is 11.5. The van der Waals surface area contributed by atoms with Gasteiger partial charge in [0.15, 0.2) is 6.39 Å². The van der Waals surface area contributed by atoms with Crippen molar-refractivity contribution in [3.8, 4) is 0 Å². The van der Waals surface area contributed by atoms with Gasteiger partial charge in [-0.15, -0.1) is 0 Å². The number of imidazole rings is 1. The van der Waals surface area contributed by atoms with Crippen LogP contribution in [-0.4, -0.2) is 19.7 Å². The molecule has 0 saturated carbocycles. The molecular formula is C10H12N4O2. The first-order valence-electron chi connectivity index (χ1n) is 4.48. The molecule has 0 atom stereocenters. The molecule has 0 aliphatic rings. The van der Waals surface area contributed by atoms with Crippen LogP contribution in [0.4, 0.5) is 0 Å². The smallest absolute Gasteiger partial charge is 0.180 e. The summed E-state index contributed by atoms with van der Waals surface area (Å²) in [5.41, 5.74) is 0. The van der Waals surface area contributed by atoms with Crippen LogP contribution in [0.2, 0.25) is 0 Å². The first kappa shape index (κ1) is 11.7. The quantitative estimate of drug-likeness (QED) is 0.577. The van der Waals surface area contributed by atoms with Crippen LogP contribution in [-0.2, 0) is 7.05 Å². The zero-order valence-electron chi connectivity index (χ0n) is 8.80. The summed E-state index contributed by atoms with van der Waals surface area (Å²) in [4.78, 5) is 7.34. The molecule has 6 heteroatoms. The molecule has 0 aromatic carbocycles. The predicted molar refractivity (Wildman–Crippen MR) is 56.2 cm³/mol. The maximum Gasteiger partial charge on any atom is 0.180 e. The van der Waals surface area contributed by atoms with Crippen molar-refractivity contribution >= 4 is 0 Å². The highest BCUT2D eigenvalue weighted by atomic mass is 16.5. The Hall–Kier alpha value is -2.37. The highest BCUT2D eigenvalue weighted by Crippen LogP contribution is 1.73. The standard InChI is InChI=1S/C4H6N2.2C3H3NO/c1-6-3-2-5-4-6;1-2-5-3-4-1;1-2-4-5-3-1/h2-4H,1H3;2*1-3H. The molecule has 6 nitrogen and oxygen atoms in total. The van der Waals surface area contributed by atoms with Crippen molar-refractivity contribution < 1.29 is 8.94 Å². The van der Waals surface area contributed by atoms with Crippen LogP contribution in [0.5, 0.6) is 0 Å². The van der Waals surface area contributed by atoms with Crippen molar-refractivity contribution in [3.05, 3.63) is 56.1 Å². The molecule has 3 heterocycles. The Morgan fingerprint density at radius 3 is 2.19 bits per heavy atom. The van der Waals surface area contributed by atoms with Gasteiger partial charge in [-0.1, -0.05) is 5.16 Å². The van der Waals surface area contributed by atoms with E-state index < -0.39 is 0 Å². The third-order valence-electron chi connectivity index (χ3n) is 1.33. The van der Waals surface area contributed by atoms with Gasteiger partial charge in [-0.25, -0.2) is 9.97 Å². The molecule has 3 aromatic rings. The molecule has 0 aliphatic heterocycles. The van der Waals surface area contributed by atoms with Crippen molar-refractivity contribution in [1.82, 2.24) is 19.7 Å². The largest absolute Gasteiger partial charge is 0.452 e. The monoisotopic (exact) mass is 220 g/mol. The minimum atomic E-state index is 1.38. The first-order chi connectivity index (χ1) is 7.89. The van der Waals surface area contributed by atoms with Crippen LogP contribution in [0.1, 0.15) is 0 Å². The van der Waals surface area contributed by atoms with E-state index in [1.165, 1.54) is 18.9 Å². The van der Waals surface area contributed by atoms with Crippen LogP contribution in [0, 0.1) is 0 Å². The Kier molecular flexibility index (Phi) is 5.84. The molecule has 0 aliphatic carbocycles. The molecule has 0 saturated heterocycles. The Labute approximate surface area is 92.5 Å². The van der Waals surface area contributed by atoms with E-state index in [0.29, 0.717) is 0 Å². The second-order valence-corrected chi connectivity index (χ2v) is 2.59. The number of hydrogen-bond acceptors (Lipinski definition) is 5. The van der Waals surface area contributed by atoms with Crippen molar-refractivity contribution in [3.63, 3.8) is 0 Å². The minimum Gasteiger partial charge on any atom is -0.452 e. The van der Waals surface area contributed by atoms with E-state index in [9.17, 15) is 0 Å². The highest BCUT2D eigenvalue weighted by Gasteiger charge is 1.69. The van der Waals surface area contributed by atoms with Crippen LogP contribution < -0.4 is 0 Å². The average Bonchev–Trinajstić information content (AvgIpc) is 3.07. The topological polar surface area (TPSA) is 69.9 Å². The van der Waals surface area contributed by atoms with Crippen LogP contribution in [0.15, 0.2) is 65.0 Å². The normalized spacial score (nSPS) is 8.31. The predicted octanol–water partition coefficient (Wildman–Crippen LogP) is 1.77. The van der Waals surface area contributed by atoms with E-state index >= 15 is 0 Å².